The third kappa shape index (κ3) is 17.8. The molecule has 5 rings (SSSR count). The molecule has 2 aromatic heterocycles. The fourth-order valence-electron chi connectivity index (χ4n) is 8.48. The Kier molecular flexibility index (Phi) is 23.1. The molecule has 22 heteroatoms. The summed E-state index contributed by atoms with van der Waals surface area (Å²) in [6.07, 6.45) is 4.32. The van der Waals surface area contributed by atoms with E-state index in [0.717, 1.165) is 12.8 Å². The first kappa shape index (κ1) is 58.8. The zero-order valence-electron chi connectivity index (χ0n) is 44.0. The van der Waals surface area contributed by atoms with Gasteiger partial charge in [0.25, 0.3) is 11.8 Å². The highest BCUT2D eigenvalue weighted by atomic mass is 16.7. The van der Waals surface area contributed by atoms with E-state index in [1.54, 1.807) is 13.8 Å². The van der Waals surface area contributed by atoms with Crippen molar-refractivity contribution in [3.63, 3.8) is 0 Å². The summed E-state index contributed by atoms with van der Waals surface area (Å²) in [6.45, 7) is 12.5. The highest BCUT2D eigenvalue weighted by Crippen LogP contribution is 2.34. The molecule has 74 heavy (non-hydrogen) atoms. The monoisotopic (exact) mass is 1040 g/mol. The average molecular weight is 1040 g/mol. The van der Waals surface area contributed by atoms with Gasteiger partial charge in [0.1, 0.15) is 30.4 Å². The maximum absolute atomic E-state index is 13.7. The zero-order valence-corrected chi connectivity index (χ0v) is 44.0. The number of carbonyl (C=O) groups is 7. The van der Waals surface area contributed by atoms with Gasteiger partial charge in [-0.15, -0.1) is 0 Å². The van der Waals surface area contributed by atoms with Gasteiger partial charge in [-0.1, -0.05) is 27.2 Å². The minimum atomic E-state index is -1.10. The summed E-state index contributed by atoms with van der Waals surface area (Å²) in [5.74, 6) is -4.42. The molecular formula is C52H74N4O18. The number of hydrogen-bond donors (Lipinski definition) is 2. The second kappa shape index (κ2) is 29.1. The molecular weight excluding hydrogens is 969 g/mol. The van der Waals surface area contributed by atoms with Gasteiger partial charge in [0.2, 0.25) is 12.5 Å². The number of aromatic nitrogens is 2. The van der Waals surface area contributed by atoms with E-state index in [1.807, 2.05) is 13.8 Å². The Hall–Kier alpha value is -6.13. The first-order chi connectivity index (χ1) is 35.4. The van der Waals surface area contributed by atoms with Gasteiger partial charge in [0.15, 0.2) is 34.7 Å². The molecule has 2 saturated heterocycles. The van der Waals surface area contributed by atoms with Crippen LogP contribution in [0.3, 0.4) is 0 Å². The zero-order chi connectivity index (χ0) is 53.9. The molecule has 9 unspecified atom stereocenters. The van der Waals surface area contributed by atoms with E-state index in [9.17, 15) is 33.6 Å². The van der Waals surface area contributed by atoms with Gasteiger partial charge in [-0.3, -0.25) is 24.0 Å². The van der Waals surface area contributed by atoms with E-state index in [4.69, 9.17) is 52.1 Å². The Morgan fingerprint density at radius 1 is 0.689 bits per heavy atom. The minimum Gasteiger partial charge on any atom is -0.493 e. The van der Waals surface area contributed by atoms with Crippen molar-refractivity contribution in [2.75, 3.05) is 40.8 Å². The lowest BCUT2D eigenvalue weighted by Crippen LogP contribution is -2.46. The van der Waals surface area contributed by atoms with Gasteiger partial charge in [-0.05, 0) is 89.9 Å². The number of cyclic esters (lactones) is 2. The predicted octanol–water partition coefficient (Wildman–Crippen LogP) is 5.39. The number of hydrogen-bond acceptors (Lipinski definition) is 20. The highest BCUT2D eigenvalue weighted by molar-refractivity contribution is 5.99. The molecule has 2 N–H and O–H groups in total. The summed E-state index contributed by atoms with van der Waals surface area (Å²) in [7, 11) is 2.74. The second-order valence-corrected chi connectivity index (χ2v) is 19.3. The first-order valence-corrected chi connectivity index (χ1v) is 25.5. The number of amides is 2. The van der Waals surface area contributed by atoms with Gasteiger partial charge < -0.3 is 62.7 Å². The van der Waals surface area contributed by atoms with Crippen molar-refractivity contribution >= 4 is 41.7 Å². The summed E-state index contributed by atoms with van der Waals surface area (Å²) in [6, 6.07) is 0.779. The van der Waals surface area contributed by atoms with Crippen molar-refractivity contribution in [1.29, 1.82) is 0 Å². The molecule has 2 aliphatic heterocycles. The van der Waals surface area contributed by atoms with Crippen LogP contribution >= 0.6 is 0 Å². The summed E-state index contributed by atoms with van der Waals surface area (Å²) in [5, 5.41) is 5.42. The van der Waals surface area contributed by atoms with Crippen molar-refractivity contribution in [1.82, 2.24) is 20.6 Å². The molecule has 0 bridgehead atoms. The van der Waals surface area contributed by atoms with Gasteiger partial charge in [-0.2, -0.15) is 0 Å². The highest BCUT2D eigenvalue weighted by Gasteiger charge is 2.42. The van der Waals surface area contributed by atoms with Crippen molar-refractivity contribution in [3.05, 3.63) is 35.9 Å². The van der Waals surface area contributed by atoms with Crippen LogP contribution in [0, 0.1) is 17.8 Å². The smallest absolute Gasteiger partial charge is 0.329 e. The first-order valence-electron chi connectivity index (χ1n) is 25.5. The predicted molar refractivity (Wildman–Crippen MR) is 261 cm³/mol. The van der Waals surface area contributed by atoms with Gasteiger partial charge in [0.05, 0.1) is 32.3 Å². The number of nitrogens with one attached hydrogen (secondary N) is 2. The normalized spacial score (nSPS) is 23.9. The van der Waals surface area contributed by atoms with Crippen LogP contribution in [0.15, 0.2) is 24.5 Å². The Labute approximate surface area is 432 Å². The maximum Gasteiger partial charge on any atom is 0.329 e. The SMILES string of the molecule is COc1ccnc(C(=O)NC2CCCC(OCC(C)CCCCOC3C(C)OC(=O)C(NC(=O)c4nccc(OC)c4OC(C)=O)CCCC3OCC(C)C)C(OC(=O)C3CC3)C(C)OC2=O)c1OCOC(C)=O. The molecule has 3 aliphatic rings. The largest absolute Gasteiger partial charge is 0.493 e. The molecule has 3 fully saturated rings. The molecule has 0 spiro atoms. The lowest BCUT2D eigenvalue weighted by molar-refractivity contribution is -0.181. The van der Waals surface area contributed by atoms with Gasteiger partial charge >= 0.3 is 29.8 Å². The fraction of sp³-hybridized carbons (Fsp3) is 0.673. The standard InChI is InChI=1S/C52H74N4O18/c1-29(2)26-67-40-17-12-15-36(56-49(60)43-47(73-34(7)58)39(65-9)22-24-54-43)51(62)71-31(4)44(40)66-25-11-10-14-30(3)27-68-41-18-13-16-37(52(63)72-32(5)45(41)74-50(61)35-19-20-35)55-48(59)42-46(70-28-69-33(6)57)38(64-8)21-23-53-42/h21-24,29-32,35-37,40-41,44-45H,10-20,25-28H2,1-9H3,(H,55,59)(H,56,60). The van der Waals surface area contributed by atoms with Crippen LogP contribution in [-0.4, -0.2) is 141 Å². The Morgan fingerprint density at radius 3 is 1.77 bits per heavy atom. The quantitative estimate of drug-likeness (QED) is 0.0577. The second-order valence-electron chi connectivity index (χ2n) is 19.3. The number of carbonyl (C=O) groups excluding carboxylic acids is 7. The molecule has 1 saturated carbocycles. The molecule has 0 aromatic carbocycles. The van der Waals surface area contributed by atoms with Crippen molar-refractivity contribution in [3.8, 4) is 23.0 Å². The van der Waals surface area contributed by atoms with Crippen LogP contribution in [-0.2, 0) is 57.1 Å². The van der Waals surface area contributed by atoms with Crippen LogP contribution < -0.4 is 29.6 Å². The van der Waals surface area contributed by atoms with E-state index in [-0.39, 0.29) is 71.0 Å². The summed E-state index contributed by atoms with van der Waals surface area (Å²) < 4.78 is 63.5. The van der Waals surface area contributed by atoms with E-state index in [1.165, 1.54) is 52.6 Å². The average Bonchev–Trinajstić information content (AvgIpc) is 4.20. The van der Waals surface area contributed by atoms with Crippen LogP contribution in [0.1, 0.15) is 140 Å². The van der Waals surface area contributed by atoms with E-state index >= 15 is 0 Å². The Balaban J connectivity index is 1.16. The molecule has 22 nitrogen and oxygen atoms in total. The number of esters is 5. The number of unbranched alkanes of at least 4 members (excludes halogenated alkanes) is 1. The molecule has 4 heterocycles. The molecule has 410 valence electrons. The van der Waals surface area contributed by atoms with Gasteiger partial charge in [-0.25, -0.2) is 19.6 Å². The maximum atomic E-state index is 13.7. The lowest BCUT2D eigenvalue weighted by Gasteiger charge is -2.32. The summed E-state index contributed by atoms with van der Waals surface area (Å²) in [5.41, 5.74) is -0.423. The summed E-state index contributed by atoms with van der Waals surface area (Å²) in [4.78, 5) is 98.9. The Morgan fingerprint density at radius 2 is 1.23 bits per heavy atom. The third-order valence-corrected chi connectivity index (χ3v) is 12.5. The van der Waals surface area contributed by atoms with Crippen LogP contribution in [0.25, 0.3) is 0 Å². The van der Waals surface area contributed by atoms with Crippen LogP contribution in [0.2, 0.25) is 0 Å². The summed E-state index contributed by atoms with van der Waals surface area (Å²) >= 11 is 0. The van der Waals surface area contributed by atoms with E-state index < -0.39 is 91.2 Å². The van der Waals surface area contributed by atoms with E-state index in [2.05, 4.69) is 27.5 Å². The van der Waals surface area contributed by atoms with Gasteiger partial charge in [0, 0.05) is 58.2 Å². The number of rotatable bonds is 24. The molecule has 9 atom stereocenters. The topological polar surface area (TPSA) is 271 Å². The number of pyridine rings is 2. The van der Waals surface area contributed by atoms with Crippen molar-refractivity contribution < 1.29 is 85.7 Å². The third-order valence-electron chi connectivity index (χ3n) is 12.5. The van der Waals surface area contributed by atoms with Crippen molar-refractivity contribution in [2.45, 2.75) is 168 Å². The van der Waals surface area contributed by atoms with Crippen molar-refractivity contribution in [2.24, 2.45) is 17.8 Å². The fourth-order valence-corrected chi connectivity index (χ4v) is 8.48. The minimum absolute atomic E-state index is 0.0660. The molecule has 2 aromatic rings. The Bertz CT molecular complexity index is 2220. The molecule has 1 aliphatic carbocycles. The van der Waals surface area contributed by atoms with E-state index in [0.29, 0.717) is 64.8 Å². The number of nitrogens with zero attached hydrogens (tertiary/aromatic N) is 2. The molecule has 0 radical (unpaired) electrons. The lowest BCUT2D eigenvalue weighted by atomic mass is 10.0. The van der Waals surface area contributed by atoms with Crippen LogP contribution in [0.5, 0.6) is 23.0 Å². The van der Waals surface area contributed by atoms with Crippen LogP contribution in [0.4, 0.5) is 0 Å². The number of ether oxygens (including phenoxy) is 11. The molecule has 2 amide bonds. The number of methoxy groups -OCH3 is 2.